The standard InChI is InChI=1S/C14H10ClF3N2O2/c1-2-5-3-4-6(9(17)8(5)16)12-10(18)11(19)7(15)13(20-12)14(21)22/h3-4H,2H2,1H3,(H2,19,20)(H,21,22). The van der Waals surface area contributed by atoms with Crippen molar-refractivity contribution in [2.24, 2.45) is 0 Å². The van der Waals surface area contributed by atoms with Crippen LogP contribution in [-0.2, 0) is 6.42 Å². The number of nitrogens with two attached hydrogens (primary N) is 1. The fourth-order valence-electron chi connectivity index (χ4n) is 1.93. The average molecular weight is 331 g/mol. The van der Waals surface area contributed by atoms with Gasteiger partial charge in [0.25, 0.3) is 0 Å². The summed E-state index contributed by atoms with van der Waals surface area (Å²) in [6.07, 6.45) is 0.238. The van der Waals surface area contributed by atoms with Crippen molar-refractivity contribution in [1.29, 1.82) is 0 Å². The lowest BCUT2D eigenvalue weighted by Crippen LogP contribution is -2.09. The van der Waals surface area contributed by atoms with E-state index >= 15 is 0 Å². The molecule has 1 aromatic heterocycles. The Morgan fingerprint density at radius 2 is 1.91 bits per heavy atom. The molecule has 0 radical (unpaired) electrons. The summed E-state index contributed by atoms with van der Waals surface area (Å²) in [6.45, 7) is 1.62. The highest BCUT2D eigenvalue weighted by Crippen LogP contribution is 2.34. The summed E-state index contributed by atoms with van der Waals surface area (Å²) in [6, 6.07) is 2.38. The number of rotatable bonds is 3. The molecule has 0 unspecified atom stereocenters. The normalized spacial score (nSPS) is 10.8. The maximum atomic E-state index is 14.1. The molecule has 0 amide bonds. The van der Waals surface area contributed by atoms with E-state index in [1.807, 2.05) is 0 Å². The molecule has 2 aromatic rings. The summed E-state index contributed by atoms with van der Waals surface area (Å²) >= 11 is 5.60. The van der Waals surface area contributed by atoms with Gasteiger partial charge in [-0.15, -0.1) is 0 Å². The number of aryl methyl sites for hydroxylation is 1. The Morgan fingerprint density at radius 3 is 2.45 bits per heavy atom. The maximum absolute atomic E-state index is 14.1. The van der Waals surface area contributed by atoms with Gasteiger partial charge in [-0.3, -0.25) is 0 Å². The smallest absolute Gasteiger partial charge is 0.356 e. The van der Waals surface area contributed by atoms with Crippen LogP contribution in [0.1, 0.15) is 23.0 Å². The van der Waals surface area contributed by atoms with Gasteiger partial charge in [-0.25, -0.2) is 22.9 Å². The molecule has 1 heterocycles. The van der Waals surface area contributed by atoms with Crippen LogP contribution in [0.15, 0.2) is 12.1 Å². The minimum atomic E-state index is -1.57. The first kappa shape index (κ1) is 16.1. The Morgan fingerprint density at radius 1 is 1.27 bits per heavy atom. The molecule has 0 fully saturated rings. The number of aromatic nitrogens is 1. The van der Waals surface area contributed by atoms with Crippen LogP contribution >= 0.6 is 11.6 Å². The number of carbonyl (C=O) groups is 1. The summed E-state index contributed by atoms with van der Waals surface area (Å²) in [5.41, 5.74) is 2.80. The topological polar surface area (TPSA) is 76.2 Å². The lowest BCUT2D eigenvalue weighted by molar-refractivity contribution is 0.0691. The third-order valence-electron chi connectivity index (χ3n) is 3.11. The van der Waals surface area contributed by atoms with Crippen LogP contribution in [0.2, 0.25) is 5.02 Å². The van der Waals surface area contributed by atoms with Crippen molar-refractivity contribution in [2.75, 3.05) is 5.73 Å². The predicted molar refractivity (Wildman–Crippen MR) is 75.3 cm³/mol. The zero-order valence-corrected chi connectivity index (χ0v) is 12.0. The first-order chi connectivity index (χ1) is 10.3. The lowest BCUT2D eigenvalue weighted by Gasteiger charge is -2.11. The molecule has 0 aliphatic rings. The fraction of sp³-hybridized carbons (Fsp3) is 0.143. The molecule has 22 heavy (non-hydrogen) atoms. The van der Waals surface area contributed by atoms with Crippen molar-refractivity contribution in [1.82, 2.24) is 4.98 Å². The SMILES string of the molecule is CCc1ccc(-c2nc(C(=O)O)c(Cl)c(N)c2F)c(F)c1F. The monoisotopic (exact) mass is 330 g/mol. The highest BCUT2D eigenvalue weighted by atomic mass is 35.5. The van der Waals surface area contributed by atoms with E-state index in [1.54, 1.807) is 6.92 Å². The molecule has 0 spiro atoms. The largest absolute Gasteiger partial charge is 0.476 e. The molecule has 0 aliphatic heterocycles. The van der Waals surface area contributed by atoms with Crippen LogP contribution in [0.3, 0.4) is 0 Å². The van der Waals surface area contributed by atoms with Gasteiger partial charge in [0.2, 0.25) is 0 Å². The molecule has 0 atom stereocenters. The first-order valence-corrected chi connectivity index (χ1v) is 6.52. The molecule has 0 aliphatic carbocycles. The van der Waals surface area contributed by atoms with Crippen molar-refractivity contribution >= 4 is 23.3 Å². The van der Waals surface area contributed by atoms with E-state index in [9.17, 15) is 18.0 Å². The molecule has 0 saturated heterocycles. The number of carboxylic acid groups (broad SMARTS) is 1. The van der Waals surface area contributed by atoms with E-state index in [2.05, 4.69) is 4.98 Å². The molecule has 3 N–H and O–H groups in total. The van der Waals surface area contributed by atoms with Gasteiger partial charge in [0.05, 0.1) is 10.7 Å². The molecule has 116 valence electrons. The number of halogens is 4. The van der Waals surface area contributed by atoms with Gasteiger partial charge < -0.3 is 10.8 Å². The van der Waals surface area contributed by atoms with Crippen molar-refractivity contribution in [3.8, 4) is 11.3 Å². The Kier molecular flexibility index (Phi) is 4.27. The second kappa shape index (κ2) is 5.84. The van der Waals surface area contributed by atoms with Gasteiger partial charge in [-0.1, -0.05) is 24.6 Å². The van der Waals surface area contributed by atoms with Crippen LogP contribution in [0, 0.1) is 17.5 Å². The average Bonchev–Trinajstić information content (AvgIpc) is 2.48. The summed E-state index contributed by atoms with van der Waals surface area (Å²) < 4.78 is 42.0. The molecule has 0 bridgehead atoms. The van der Waals surface area contributed by atoms with Gasteiger partial charge in [0.15, 0.2) is 23.1 Å². The number of nitrogens with zero attached hydrogens (tertiary/aromatic N) is 1. The molecular weight excluding hydrogens is 321 g/mol. The Hall–Kier alpha value is -2.28. The third kappa shape index (κ3) is 2.48. The van der Waals surface area contributed by atoms with E-state index < -0.39 is 51.1 Å². The van der Waals surface area contributed by atoms with Crippen molar-refractivity contribution < 1.29 is 23.1 Å². The van der Waals surface area contributed by atoms with Crippen LogP contribution in [0.5, 0.6) is 0 Å². The molecule has 0 saturated carbocycles. The van der Waals surface area contributed by atoms with E-state index in [1.165, 1.54) is 6.07 Å². The number of nitrogen functional groups attached to an aromatic ring is 1. The summed E-state index contributed by atoms with van der Waals surface area (Å²) in [5.74, 6) is -5.25. The van der Waals surface area contributed by atoms with Crippen LogP contribution < -0.4 is 5.73 Å². The first-order valence-electron chi connectivity index (χ1n) is 6.14. The summed E-state index contributed by atoms with van der Waals surface area (Å²) in [5, 5.41) is 8.37. The van der Waals surface area contributed by atoms with Gasteiger partial charge >= 0.3 is 5.97 Å². The van der Waals surface area contributed by atoms with Gasteiger partial charge in [0.1, 0.15) is 5.69 Å². The number of hydrogen-bond acceptors (Lipinski definition) is 3. The molecule has 1 aromatic carbocycles. The number of anilines is 1. The van der Waals surface area contributed by atoms with Crippen LogP contribution in [0.4, 0.5) is 18.9 Å². The van der Waals surface area contributed by atoms with Crippen molar-refractivity contribution in [3.63, 3.8) is 0 Å². The zero-order chi connectivity index (χ0) is 16.6. The molecule has 8 heteroatoms. The zero-order valence-electron chi connectivity index (χ0n) is 11.3. The maximum Gasteiger partial charge on any atom is 0.356 e. The number of pyridine rings is 1. The minimum absolute atomic E-state index is 0.0991. The quantitative estimate of drug-likeness (QED) is 0.900. The van der Waals surface area contributed by atoms with Gasteiger partial charge in [0, 0.05) is 5.56 Å². The van der Waals surface area contributed by atoms with Gasteiger partial charge in [-0.05, 0) is 18.1 Å². The molecule has 4 nitrogen and oxygen atoms in total. The lowest BCUT2D eigenvalue weighted by atomic mass is 10.0. The van der Waals surface area contributed by atoms with Crippen molar-refractivity contribution in [3.05, 3.63) is 45.9 Å². The molecular formula is C14H10ClF3N2O2. The summed E-state index contributed by atoms with van der Waals surface area (Å²) in [4.78, 5) is 14.5. The Bertz CT molecular complexity index is 781. The number of carboxylic acids is 1. The minimum Gasteiger partial charge on any atom is -0.476 e. The van der Waals surface area contributed by atoms with E-state index in [-0.39, 0.29) is 12.0 Å². The predicted octanol–water partition coefficient (Wildman–Crippen LogP) is 3.66. The van der Waals surface area contributed by atoms with E-state index in [4.69, 9.17) is 22.4 Å². The Labute approximate surface area is 128 Å². The van der Waals surface area contributed by atoms with E-state index in [0.717, 1.165) is 6.07 Å². The van der Waals surface area contributed by atoms with Crippen LogP contribution in [0.25, 0.3) is 11.3 Å². The second-order valence-electron chi connectivity index (χ2n) is 4.41. The molecule has 2 rings (SSSR count). The van der Waals surface area contributed by atoms with Crippen LogP contribution in [-0.4, -0.2) is 16.1 Å². The van der Waals surface area contributed by atoms with Gasteiger partial charge in [-0.2, -0.15) is 0 Å². The number of benzene rings is 1. The number of aromatic carboxylic acids is 1. The second-order valence-corrected chi connectivity index (χ2v) is 4.79. The highest BCUT2D eigenvalue weighted by molar-refractivity contribution is 6.35. The fourth-order valence-corrected chi connectivity index (χ4v) is 2.13. The Balaban J connectivity index is 2.78. The number of hydrogen-bond donors (Lipinski definition) is 2. The highest BCUT2D eigenvalue weighted by Gasteiger charge is 2.25. The van der Waals surface area contributed by atoms with Crippen molar-refractivity contribution in [2.45, 2.75) is 13.3 Å². The summed E-state index contributed by atoms with van der Waals surface area (Å²) in [7, 11) is 0. The third-order valence-corrected chi connectivity index (χ3v) is 3.50. The van der Waals surface area contributed by atoms with E-state index in [0.29, 0.717) is 0 Å².